The number of nitrogens with one attached hydrogen (secondary N) is 1. The zero-order chi connectivity index (χ0) is 14.8. The molecule has 110 valence electrons. The normalized spacial score (nSPS) is 26.2. The number of likely N-dealkylation sites (N-methyl/N-ethyl adjacent to an activating group) is 1. The van der Waals surface area contributed by atoms with Gasteiger partial charge in [-0.3, -0.25) is 4.79 Å². The maximum atomic E-state index is 11.7. The highest BCUT2D eigenvalue weighted by atomic mass is 16.5. The number of rotatable bonds is 4. The summed E-state index contributed by atoms with van der Waals surface area (Å²) in [5.41, 5.74) is 7.24. The van der Waals surface area contributed by atoms with Crippen LogP contribution in [0.2, 0.25) is 0 Å². The first-order valence-corrected chi connectivity index (χ1v) is 7.19. The van der Waals surface area contributed by atoms with Crippen LogP contribution in [0.4, 0.5) is 0 Å². The van der Waals surface area contributed by atoms with E-state index in [1.807, 2.05) is 6.92 Å². The minimum atomic E-state index is -0.624. The van der Waals surface area contributed by atoms with E-state index in [0.717, 1.165) is 30.6 Å². The number of carbonyl (C=O) groups is 1. The Hall–Kier alpha value is -1.55. The number of aryl methyl sites for hydroxylation is 2. The number of hydrogen-bond acceptors (Lipinski definition) is 3. The maximum Gasteiger partial charge on any atom is 0.237 e. The van der Waals surface area contributed by atoms with Crippen molar-refractivity contribution in [2.75, 3.05) is 7.05 Å². The van der Waals surface area contributed by atoms with Crippen LogP contribution in [0.5, 0.6) is 5.75 Å². The fraction of sp³-hybridized carbons (Fsp3) is 0.562. The zero-order valence-electron chi connectivity index (χ0n) is 12.5. The molecular weight excluding hydrogens is 252 g/mol. The molecule has 4 nitrogen and oxygen atoms in total. The summed E-state index contributed by atoms with van der Waals surface area (Å²) < 4.78 is 6.13. The summed E-state index contributed by atoms with van der Waals surface area (Å²) in [7, 11) is 1.80. The molecule has 0 bridgehead atoms. The lowest BCUT2D eigenvalue weighted by atomic mass is 9.79. The molecule has 0 aromatic heterocycles. The van der Waals surface area contributed by atoms with Crippen LogP contribution in [0.3, 0.4) is 0 Å². The number of nitrogens with two attached hydrogens (primary N) is 1. The first-order chi connectivity index (χ1) is 9.47. The first kappa shape index (κ1) is 14.9. The number of hydrogen-bond donors (Lipinski definition) is 2. The summed E-state index contributed by atoms with van der Waals surface area (Å²) in [6.45, 7) is 4.09. The summed E-state index contributed by atoms with van der Waals surface area (Å²) in [6, 6.07) is 6.19. The second-order valence-electron chi connectivity index (χ2n) is 5.80. The van der Waals surface area contributed by atoms with Crippen molar-refractivity contribution < 1.29 is 9.53 Å². The molecule has 2 atom stereocenters. The van der Waals surface area contributed by atoms with E-state index in [1.165, 1.54) is 5.56 Å². The van der Waals surface area contributed by atoms with Crippen LogP contribution in [0.15, 0.2) is 18.2 Å². The average molecular weight is 276 g/mol. The summed E-state index contributed by atoms with van der Waals surface area (Å²) in [5, 5.41) is 3.10. The second-order valence-corrected chi connectivity index (χ2v) is 5.80. The van der Waals surface area contributed by atoms with Crippen molar-refractivity contribution in [1.82, 2.24) is 5.32 Å². The minimum Gasteiger partial charge on any atom is -0.490 e. The topological polar surface area (TPSA) is 64.3 Å². The lowest BCUT2D eigenvalue weighted by molar-refractivity contribution is -0.126. The Morgan fingerprint density at radius 1 is 1.45 bits per heavy atom. The largest absolute Gasteiger partial charge is 0.490 e. The van der Waals surface area contributed by atoms with Gasteiger partial charge in [-0.25, -0.2) is 0 Å². The van der Waals surface area contributed by atoms with E-state index in [1.54, 1.807) is 7.05 Å². The van der Waals surface area contributed by atoms with Gasteiger partial charge in [-0.15, -0.1) is 0 Å². The Kier molecular flexibility index (Phi) is 4.33. The molecule has 2 unspecified atom stereocenters. The molecule has 1 aliphatic rings. The maximum absolute atomic E-state index is 11.7. The van der Waals surface area contributed by atoms with Gasteiger partial charge in [0.2, 0.25) is 5.91 Å². The lowest BCUT2D eigenvalue weighted by Crippen LogP contribution is -2.58. The van der Waals surface area contributed by atoms with E-state index < -0.39 is 5.54 Å². The smallest absolute Gasteiger partial charge is 0.237 e. The number of carbonyl (C=O) groups excluding carboxylic acids is 1. The molecule has 1 fully saturated rings. The number of benzene rings is 1. The average Bonchev–Trinajstić information content (AvgIpc) is 2.43. The van der Waals surface area contributed by atoms with Crippen LogP contribution in [0, 0.1) is 13.8 Å². The molecule has 0 spiro atoms. The highest BCUT2D eigenvalue weighted by Crippen LogP contribution is 2.32. The van der Waals surface area contributed by atoms with Gasteiger partial charge >= 0.3 is 0 Å². The number of primary amides is 1. The molecule has 3 N–H and O–H groups in total. The third-order valence-electron chi connectivity index (χ3n) is 4.29. The standard InChI is InChI=1S/C16H24N2O2/c1-11-6-7-12(2)14(9-11)20-13-5-4-8-16(10-13,18-3)15(17)19/h6-7,9,13,18H,4-5,8,10H2,1-3H3,(H2,17,19). The fourth-order valence-electron chi connectivity index (χ4n) is 2.91. The van der Waals surface area contributed by atoms with Crippen molar-refractivity contribution in [3.8, 4) is 5.75 Å². The fourth-order valence-corrected chi connectivity index (χ4v) is 2.91. The molecule has 0 heterocycles. The van der Waals surface area contributed by atoms with Crippen LogP contribution < -0.4 is 15.8 Å². The van der Waals surface area contributed by atoms with E-state index in [2.05, 4.69) is 30.4 Å². The van der Waals surface area contributed by atoms with Gasteiger partial charge in [0.05, 0.1) is 0 Å². The van der Waals surface area contributed by atoms with Crippen LogP contribution in [0.1, 0.15) is 36.8 Å². The van der Waals surface area contributed by atoms with Crippen LogP contribution in [-0.4, -0.2) is 24.6 Å². The summed E-state index contributed by atoms with van der Waals surface area (Å²) in [5.74, 6) is 0.626. The predicted molar refractivity (Wildman–Crippen MR) is 79.8 cm³/mol. The molecule has 0 radical (unpaired) electrons. The van der Waals surface area contributed by atoms with Gasteiger partial charge in [-0.1, -0.05) is 12.1 Å². The van der Waals surface area contributed by atoms with Gasteiger partial charge in [0, 0.05) is 6.42 Å². The van der Waals surface area contributed by atoms with E-state index >= 15 is 0 Å². The molecule has 0 saturated heterocycles. The SMILES string of the molecule is CNC1(C(N)=O)CCCC(Oc2cc(C)ccc2C)C1. The van der Waals surface area contributed by atoms with Crippen LogP contribution >= 0.6 is 0 Å². The van der Waals surface area contributed by atoms with E-state index in [4.69, 9.17) is 10.5 Å². The predicted octanol–water partition coefficient (Wildman–Crippen LogP) is 2.07. The molecule has 20 heavy (non-hydrogen) atoms. The van der Waals surface area contributed by atoms with E-state index in [0.29, 0.717) is 6.42 Å². The highest BCUT2D eigenvalue weighted by Gasteiger charge is 2.41. The summed E-state index contributed by atoms with van der Waals surface area (Å²) in [4.78, 5) is 11.7. The van der Waals surface area contributed by atoms with Crippen molar-refractivity contribution >= 4 is 5.91 Å². The molecule has 1 aromatic rings. The Balaban J connectivity index is 2.13. The highest BCUT2D eigenvalue weighted by molar-refractivity contribution is 5.84. The van der Waals surface area contributed by atoms with Gasteiger partial charge in [-0.05, 0) is 57.4 Å². The van der Waals surface area contributed by atoms with Crippen LogP contribution in [-0.2, 0) is 4.79 Å². The molecule has 2 rings (SSSR count). The van der Waals surface area contributed by atoms with Crippen LogP contribution in [0.25, 0.3) is 0 Å². The van der Waals surface area contributed by atoms with Gasteiger partial charge < -0.3 is 15.8 Å². The molecule has 0 aliphatic heterocycles. The molecule has 4 heteroatoms. The van der Waals surface area contributed by atoms with Crippen molar-refractivity contribution in [3.63, 3.8) is 0 Å². The second kappa shape index (κ2) is 5.83. The first-order valence-electron chi connectivity index (χ1n) is 7.19. The molecule has 1 amide bonds. The zero-order valence-corrected chi connectivity index (χ0v) is 12.5. The van der Waals surface area contributed by atoms with Gasteiger partial charge in [0.15, 0.2) is 0 Å². The van der Waals surface area contributed by atoms with Gasteiger partial charge in [-0.2, -0.15) is 0 Å². The Morgan fingerprint density at radius 3 is 2.85 bits per heavy atom. The van der Waals surface area contributed by atoms with E-state index in [-0.39, 0.29) is 12.0 Å². The third-order valence-corrected chi connectivity index (χ3v) is 4.29. The third kappa shape index (κ3) is 2.96. The van der Waals surface area contributed by atoms with Crippen molar-refractivity contribution in [1.29, 1.82) is 0 Å². The monoisotopic (exact) mass is 276 g/mol. The Morgan fingerprint density at radius 2 is 2.20 bits per heavy atom. The number of ether oxygens (including phenoxy) is 1. The quantitative estimate of drug-likeness (QED) is 0.885. The molecule has 1 aromatic carbocycles. The molecule has 1 aliphatic carbocycles. The van der Waals surface area contributed by atoms with E-state index in [9.17, 15) is 4.79 Å². The van der Waals surface area contributed by atoms with Gasteiger partial charge in [0.1, 0.15) is 17.4 Å². The summed E-state index contributed by atoms with van der Waals surface area (Å²) >= 11 is 0. The van der Waals surface area contributed by atoms with Crippen molar-refractivity contribution in [3.05, 3.63) is 29.3 Å². The Labute approximate surface area is 120 Å². The summed E-state index contributed by atoms with van der Waals surface area (Å²) in [6.07, 6.45) is 3.35. The number of amides is 1. The van der Waals surface area contributed by atoms with Gasteiger partial charge in [0.25, 0.3) is 0 Å². The lowest BCUT2D eigenvalue weighted by Gasteiger charge is -2.38. The minimum absolute atomic E-state index is 0.0317. The molecule has 1 saturated carbocycles. The van der Waals surface area contributed by atoms with Crippen molar-refractivity contribution in [2.45, 2.75) is 51.2 Å². The van der Waals surface area contributed by atoms with Crippen molar-refractivity contribution in [2.24, 2.45) is 5.73 Å². The molecular formula is C16H24N2O2. The Bertz CT molecular complexity index is 501.